The van der Waals surface area contributed by atoms with Crippen LogP contribution in [-0.4, -0.2) is 11.1 Å². The molecule has 1 heterocycles. The number of hydrogen-bond acceptors (Lipinski definition) is 4. The number of nitrogens with zero attached hydrogens (tertiary/aromatic N) is 1. The van der Waals surface area contributed by atoms with Crippen molar-refractivity contribution in [3.05, 3.63) is 99.4 Å². The van der Waals surface area contributed by atoms with Crippen molar-refractivity contribution in [2.24, 2.45) is 4.99 Å². The summed E-state index contributed by atoms with van der Waals surface area (Å²) in [5.41, 5.74) is 3.74. The van der Waals surface area contributed by atoms with Gasteiger partial charge >= 0.3 is 0 Å². The molecule has 0 atom stereocenters. The van der Waals surface area contributed by atoms with Gasteiger partial charge in [0.2, 0.25) is 0 Å². The first-order chi connectivity index (χ1) is 14.6. The van der Waals surface area contributed by atoms with Crippen molar-refractivity contribution in [1.82, 2.24) is 5.32 Å². The second-order valence-corrected chi connectivity index (χ2v) is 8.19. The molecule has 3 aromatic carbocycles. The van der Waals surface area contributed by atoms with Gasteiger partial charge in [0.15, 0.2) is 5.17 Å². The Bertz CT molecular complexity index is 1160. The van der Waals surface area contributed by atoms with E-state index in [1.54, 1.807) is 12.1 Å². The van der Waals surface area contributed by atoms with Gasteiger partial charge in [-0.05, 0) is 48.5 Å². The number of halogens is 1. The molecule has 1 fully saturated rings. The number of thioether (sulfide) groups is 1. The average molecular weight is 435 g/mol. The summed E-state index contributed by atoms with van der Waals surface area (Å²) in [5, 5.41) is 3.82. The van der Waals surface area contributed by atoms with Crippen molar-refractivity contribution < 1.29 is 9.53 Å². The van der Waals surface area contributed by atoms with Gasteiger partial charge in [0, 0.05) is 5.56 Å². The Morgan fingerprint density at radius 3 is 2.70 bits per heavy atom. The van der Waals surface area contributed by atoms with Crippen LogP contribution in [0.4, 0.5) is 5.69 Å². The highest BCUT2D eigenvalue weighted by molar-refractivity contribution is 8.18. The number of rotatable bonds is 5. The first kappa shape index (κ1) is 20.3. The minimum Gasteiger partial charge on any atom is -0.488 e. The summed E-state index contributed by atoms with van der Waals surface area (Å²) in [6, 6.07) is 23.1. The Balaban J connectivity index is 1.53. The smallest absolute Gasteiger partial charge is 0.264 e. The summed E-state index contributed by atoms with van der Waals surface area (Å²) in [6.07, 6.45) is 1.82. The fourth-order valence-corrected chi connectivity index (χ4v) is 3.97. The average Bonchev–Trinajstić information content (AvgIpc) is 3.08. The standard InChI is InChI=1S/C24H19ClN2O2S/c1-16-7-6-8-17(13-16)15-29-21-12-5-2-9-18(21)14-22-23(28)27-24(30-22)26-20-11-4-3-10-19(20)25/h2-14H,15H2,1H3,(H,26,27,28). The number of aliphatic imine (C=N–C) groups is 1. The van der Waals surface area contributed by atoms with Gasteiger partial charge in [0.05, 0.1) is 15.6 Å². The normalized spacial score (nSPS) is 16.1. The molecule has 6 heteroatoms. The van der Waals surface area contributed by atoms with Crippen LogP contribution in [0, 0.1) is 6.92 Å². The Morgan fingerprint density at radius 2 is 1.87 bits per heavy atom. The number of carbonyl (C=O) groups is 1. The molecule has 0 aromatic heterocycles. The largest absolute Gasteiger partial charge is 0.488 e. The minimum atomic E-state index is -0.195. The van der Waals surface area contributed by atoms with E-state index in [0.29, 0.717) is 27.4 Å². The number of amidine groups is 1. The summed E-state index contributed by atoms with van der Waals surface area (Å²) in [4.78, 5) is 17.4. The van der Waals surface area contributed by atoms with Crippen LogP contribution in [0.1, 0.15) is 16.7 Å². The molecule has 1 saturated heterocycles. The molecule has 30 heavy (non-hydrogen) atoms. The third-order valence-corrected chi connectivity index (χ3v) is 5.64. The lowest BCUT2D eigenvalue weighted by Crippen LogP contribution is -2.19. The van der Waals surface area contributed by atoms with Gasteiger partial charge in [-0.2, -0.15) is 0 Å². The predicted molar refractivity (Wildman–Crippen MR) is 124 cm³/mol. The van der Waals surface area contributed by atoms with E-state index >= 15 is 0 Å². The molecule has 1 aliphatic heterocycles. The van der Waals surface area contributed by atoms with E-state index < -0.39 is 0 Å². The number of nitrogens with one attached hydrogen (secondary N) is 1. The topological polar surface area (TPSA) is 50.7 Å². The van der Waals surface area contributed by atoms with Crippen LogP contribution in [0.2, 0.25) is 5.02 Å². The molecule has 1 N–H and O–H groups in total. The lowest BCUT2D eigenvalue weighted by Gasteiger charge is -2.10. The maximum Gasteiger partial charge on any atom is 0.264 e. The molecular weight excluding hydrogens is 416 g/mol. The Labute approximate surface area is 184 Å². The van der Waals surface area contributed by atoms with E-state index in [1.807, 2.05) is 54.6 Å². The SMILES string of the molecule is Cc1cccc(COc2ccccc2C=C2SC(=Nc3ccccc3Cl)NC2=O)c1. The number of para-hydroxylation sites is 2. The molecule has 3 aromatic rings. The van der Waals surface area contributed by atoms with E-state index in [0.717, 1.165) is 16.9 Å². The maximum atomic E-state index is 12.4. The third kappa shape index (κ3) is 4.93. The van der Waals surface area contributed by atoms with Crippen LogP contribution in [0.15, 0.2) is 82.7 Å². The van der Waals surface area contributed by atoms with Gasteiger partial charge in [-0.1, -0.05) is 71.8 Å². The van der Waals surface area contributed by atoms with Gasteiger partial charge in [-0.3, -0.25) is 4.79 Å². The van der Waals surface area contributed by atoms with Crippen LogP contribution in [0.25, 0.3) is 6.08 Å². The molecule has 0 radical (unpaired) electrons. The summed E-state index contributed by atoms with van der Waals surface area (Å²) in [6.45, 7) is 2.51. The fourth-order valence-electron chi connectivity index (χ4n) is 2.97. The summed E-state index contributed by atoms with van der Waals surface area (Å²) in [5.74, 6) is 0.524. The molecule has 4 rings (SSSR count). The van der Waals surface area contributed by atoms with E-state index in [1.165, 1.54) is 17.3 Å². The van der Waals surface area contributed by atoms with E-state index in [-0.39, 0.29) is 5.91 Å². The molecule has 0 aliphatic carbocycles. The monoisotopic (exact) mass is 434 g/mol. The van der Waals surface area contributed by atoms with Crippen LogP contribution in [0.5, 0.6) is 5.75 Å². The summed E-state index contributed by atoms with van der Waals surface area (Å²) >= 11 is 7.44. The van der Waals surface area contributed by atoms with Crippen molar-refractivity contribution in [3.8, 4) is 5.75 Å². The van der Waals surface area contributed by atoms with Gasteiger partial charge in [-0.15, -0.1) is 0 Å². The van der Waals surface area contributed by atoms with Crippen LogP contribution < -0.4 is 10.1 Å². The highest BCUT2D eigenvalue weighted by Gasteiger charge is 2.24. The number of ether oxygens (including phenoxy) is 1. The van der Waals surface area contributed by atoms with Gasteiger partial charge in [0.1, 0.15) is 12.4 Å². The maximum absolute atomic E-state index is 12.4. The molecule has 0 saturated carbocycles. The van der Waals surface area contributed by atoms with E-state index in [4.69, 9.17) is 16.3 Å². The van der Waals surface area contributed by atoms with Gasteiger partial charge in [0.25, 0.3) is 5.91 Å². The first-order valence-electron chi connectivity index (χ1n) is 9.40. The quantitative estimate of drug-likeness (QED) is 0.492. The molecule has 4 nitrogen and oxygen atoms in total. The molecule has 1 aliphatic rings. The van der Waals surface area contributed by atoms with Crippen LogP contribution in [0.3, 0.4) is 0 Å². The first-order valence-corrected chi connectivity index (χ1v) is 10.6. The van der Waals surface area contributed by atoms with Crippen LogP contribution >= 0.6 is 23.4 Å². The Hall–Kier alpha value is -3.02. The van der Waals surface area contributed by atoms with Gasteiger partial charge < -0.3 is 10.1 Å². The van der Waals surface area contributed by atoms with Gasteiger partial charge in [-0.25, -0.2) is 4.99 Å². The third-order valence-electron chi connectivity index (χ3n) is 4.41. The number of hydrogen-bond donors (Lipinski definition) is 1. The zero-order valence-corrected chi connectivity index (χ0v) is 17.8. The molecule has 0 unspecified atom stereocenters. The zero-order chi connectivity index (χ0) is 20.9. The van der Waals surface area contributed by atoms with Crippen LogP contribution in [-0.2, 0) is 11.4 Å². The van der Waals surface area contributed by atoms with Crippen molar-refractivity contribution in [3.63, 3.8) is 0 Å². The van der Waals surface area contributed by atoms with E-state index in [2.05, 4.69) is 29.4 Å². The van der Waals surface area contributed by atoms with Crippen molar-refractivity contribution >= 4 is 46.2 Å². The molecule has 0 bridgehead atoms. The second kappa shape index (κ2) is 9.20. The minimum absolute atomic E-state index is 0.195. The van der Waals surface area contributed by atoms with Crippen molar-refractivity contribution in [2.45, 2.75) is 13.5 Å². The number of amides is 1. The number of benzene rings is 3. The Kier molecular flexibility index (Phi) is 6.21. The second-order valence-electron chi connectivity index (χ2n) is 6.75. The lowest BCUT2D eigenvalue weighted by atomic mass is 10.1. The fraction of sp³-hybridized carbons (Fsp3) is 0.0833. The van der Waals surface area contributed by atoms with Crippen molar-refractivity contribution in [2.75, 3.05) is 0 Å². The summed E-state index contributed by atoms with van der Waals surface area (Å²) < 4.78 is 6.03. The predicted octanol–water partition coefficient (Wildman–Crippen LogP) is 6.12. The summed E-state index contributed by atoms with van der Waals surface area (Å²) in [7, 11) is 0. The lowest BCUT2D eigenvalue weighted by molar-refractivity contribution is -0.115. The molecular formula is C24H19ClN2O2S. The zero-order valence-electron chi connectivity index (χ0n) is 16.3. The Morgan fingerprint density at radius 1 is 1.07 bits per heavy atom. The molecule has 1 amide bonds. The highest BCUT2D eigenvalue weighted by atomic mass is 35.5. The van der Waals surface area contributed by atoms with E-state index in [9.17, 15) is 4.79 Å². The number of carbonyl (C=O) groups excluding carboxylic acids is 1. The highest BCUT2D eigenvalue weighted by Crippen LogP contribution is 2.32. The molecule has 0 spiro atoms. The number of aryl methyl sites for hydroxylation is 1. The molecule has 150 valence electrons. The van der Waals surface area contributed by atoms with Crippen molar-refractivity contribution in [1.29, 1.82) is 0 Å².